The fourth-order valence-corrected chi connectivity index (χ4v) is 5.40. The molecule has 13 heteroatoms. The van der Waals surface area contributed by atoms with Crippen LogP contribution in [0.25, 0.3) is 11.0 Å². The van der Waals surface area contributed by atoms with Crippen LogP contribution in [0.1, 0.15) is 31.0 Å². The van der Waals surface area contributed by atoms with Crippen LogP contribution in [0.2, 0.25) is 0 Å². The first-order valence-corrected chi connectivity index (χ1v) is 12.8. The number of carbonyl (C=O) groups excluding carboxylic acids is 2. The largest absolute Gasteiger partial charge is 0.484 e. The smallest absolute Gasteiger partial charge is 0.422 e. The van der Waals surface area contributed by atoms with Crippen LogP contribution < -0.4 is 4.74 Å². The van der Waals surface area contributed by atoms with E-state index in [2.05, 4.69) is 9.97 Å². The summed E-state index contributed by atoms with van der Waals surface area (Å²) in [6.07, 6.45) is -1.86. The Morgan fingerprint density at radius 1 is 1.22 bits per heavy atom. The number of nitrogens with zero attached hydrogens (tertiary/aromatic N) is 4. The summed E-state index contributed by atoms with van der Waals surface area (Å²) in [7, 11) is -1.88. The number of ether oxygens (including phenoxy) is 2. The molecule has 1 aliphatic heterocycles. The molecule has 1 aliphatic rings. The summed E-state index contributed by atoms with van der Waals surface area (Å²) < 4.78 is 62.6. The summed E-state index contributed by atoms with van der Waals surface area (Å²) in [5, 5.41) is -0.00727. The zero-order valence-electron chi connectivity index (χ0n) is 20.2. The van der Waals surface area contributed by atoms with Gasteiger partial charge in [0.1, 0.15) is 12.4 Å². The van der Waals surface area contributed by atoms with Gasteiger partial charge < -0.3 is 14.4 Å². The Hall–Kier alpha value is -3.48. The van der Waals surface area contributed by atoms with Gasteiger partial charge in [0.2, 0.25) is 5.16 Å². The molecule has 0 unspecified atom stereocenters. The summed E-state index contributed by atoms with van der Waals surface area (Å²) in [5.74, 6) is -0.657. The summed E-state index contributed by atoms with van der Waals surface area (Å²) >= 11 is 0. The van der Waals surface area contributed by atoms with Gasteiger partial charge in [0.15, 0.2) is 6.61 Å². The van der Waals surface area contributed by atoms with Gasteiger partial charge in [-0.25, -0.2) is 14.3 Å². The number of halogens is 3. The van der Waals surface area contributed by atoms with Crippen LogP contribution >= 0.6 is 0 Å². The summed E-state index contributed by atoms with van der Waals surface area (Å²) in [6, 6.07) is 7.38. The summed E-state index contributed by atoms with van der Waals surface area (Å²) in [6.45, 7) is 1.85. The van der Waals surface area contributed by atoms with Gasteiger partial charge in [-0.05, 0) is 38.0 Å². The van der Waals surface area contributed by atoms with Gasteiger partial charge >= 0.3 is 18.2 Å². The number of esters is 1. The van der Waals surface area contributed by atoms with Crippen LogP contribution in [-0.4, -0.2) is 67.6 Å². The van der Waals surface area contributed by atoms with Crippen molar-refractivity contribution >= 4 is 33.8 Å². The minimum absolute atomic E-state index is 0.00727. The van der Waals surface area contributed by atoms with E-state index >= 15 is 0 Å². The molecular formula is C24H25F3N4O5S. The number of rotatable bonds is 7. The maximum Gasteiger partial charge on any atom is 0.422 e. The molecule has 2 atom stereocenters. The van der Waals surface area contributed by atoms with Crippen LogP contribution in [0.15, 0.2) is 41.7 Å². The van der Waals surface area contributed by atoms with Crippen LogP contribution in [0.5, 0.6) is 5.75 Å². The van der Waals surface area contributed by atoms with Gasteiger partial charge in [0.25, 0.3) is 0 Å². The molecule has 1 saturated heterocycles. The second-order valence-corrected chi connectivity index (χ2v) is 9.91. The van der Waals surface area contributed by atoms with Crippen LogP contribution in [0, 0.1) is 6.92 Å². The van der Waals surface area contributed by atoms with Crippen molar-refractivity contribution in [2.24, 2.45) is 0 Å². The monoisotopic (exact) mass is 538 g/mol. The number of carbonyl (C=O) groups is 2. The highest BCUT2D eigenvalue weighted by Gasteiger charge is 2.34. The number of fused-ring (bicyclic) bond motifs is 1. The average molecular weight is 539 g/mol. The third-order valence-corrected chi connectivity index (χ3v) is 7.16. The molecule has 0 spiro atoms. The molecule has 2 aromatic heterocycles. The van der Waals surface area contributed by atoms with Crippen molar-refractivity contribution in [1.82, 2.24) is 19.4 Å². The lowest BCUT2D eigenvalue weighted by Gasteiger charge is -2.25. The Balaban J connectivity index is 1.64. The number of alkyl halides is 3. The van der Waals surface area contributed by atoms with Crippen molar-refractivity contribution in [2.45, 2.75) is 49.8 Å². The highest BCUT2D eigenvalue weighted by Crippen LogP contribution is 2.27. The highest BCUT2D eigenvalue weighted by atomic mass is 32.2. The molecule has 0 aliphatic carbocycles. The molecular weight excluding hydrogens is 513 g/mol. The zero-order chi connectivity index (χ0) is 26.7. The number of amides is 1. The molecule has 1 fully saturated rings. The fraction of sp³-hybridized carbons (Fsp3) is 0.417. The Morgan fingerprint density at radius 3 is 2.70 bits per heavy atom. The van der Waals surface area contributed by atoms with Crippen molar-refractivity contribution in [3.05, 3.63) is 47.8 Å². The third-order valence-electron chi connectivity index (χ3n) is 5.94. The first kappa shape index (κ1) is 26.6. The highest BCUT2D eigenvalue weighted by molar-refractivity contribution is 7.84. The molecule has 0 bridgehead atoms. The van der Waals surface area contributed by atoms with E-state index in [9.17, 15) is 27.0 Å². The number of pyridine rings is 1. The number of imidazole rings is 1. The summed E-state index contributed by atoms with van der Waals surface area (Å²) in [5.41, 5.74) is 1.50. The van der Waals surface area contributed by atoms with Gasteiger partial charge in [0, 0.05) is 25.2 Å². The fourth-order valence-electron chi connectivity index (χ4n) is 4.15. The number of hydrogen-bond donors (Lipinski definition) is 0. The molecule has 4 rings (SSSR count). The summed E-state index contributed by atoms with van der Waals surface area (Å²) in [4.78, 5) is 35.2. The van der Waals surface area contributed by atoms with Crippen LogP contribution in [-0.2, 0) is 26.1 Å². The molecule has 1 aromatic carbocycles. The lowest BCUT2D eigenvalue weighted by atomic mass is 10.2. The minimum atomic E-state index is -4.51. The van der Waals surface area contributed by atoms with E-state index in [4.69, 9.17) is 9.47 Å². The van der Waals surface area contributed by atoms with Crippen LogP contribution in [0.4, 0.5) is 18.0 Å². The molecule has 0 N–H and O–H groups in total. The quantitative estimate of drug-likeness (QED) is 0.419. The van der Waals surface area contributed by atoms with E-state index in [-0.39, 0.29) is 35.0 Å². The standard InChI is InChI=1S/C24H25F3N4O5S/c1-15-19(28-10-9-21(15)36-14-24(25,26)27)13-37(34)22-29-18-7-3-4-8-20(18)31(22)23(33)30-11-5-6-17(30)12-35-16(2)32/h3-4,7-10,17H,5-6,11-14H2,1-2H3/t17-,37+/m0/s1. The number of para-hydroxylation sites is 2. The normalized spacial score (nSPS) is 16.7. The second-order valence-electron chi connectivity index (χ2n) is 8.57. The minimum Gasteiger partial charge on any atom is -0.484 e. The van der Waals surface area contributed by atoms with E-state index in [0.29, 0.717) is 29.6 Å². The number of aromatic nitrogens is 3. The number of benzene rings is 1. The van der Waals surface area contributed by atoms with E-state index < -0.39 is 35.6 Å². The topological polar surface area (TPSA) is 104 Å². The molecule has 198 valence electrons. The molecule has 0 saturated carbocycles. The Morgan fingerprint density at radius 2 is 1.97 bits per heavy atom. The molecule has 1 amide bonds. The first-order valence-electron chi connectivity index (χ1n) is 11.5. The van der Waals surface area contributed by atoms with E-state index in [0.717, 1.165) is 6.42 Å². The predicted molar refractivity (Wildman–Crippen MR) is 128 cm³/mol. The molecule has 3 aromatic rings. The molecule has 3 heterocycles. The van der Waals surface area contributed by atoms with E-state index in [1.165, 1.54) is 30.7 Å². The lowest BCUT2D eigenvalue weighted by Crippen LogP contribution is -2.41. The van der Waals surface area contributed by atoms with Crippen molar-refractivity contribution in [2.75, 3.05) is 19.8 Å². The molecule has 37 heavy (non-hydrogen) atoms. The zero-order valence-corrected chi connectivity index (χ0v) is 21.0. The maximum atomic E-state index is 13.7. The van der Waals surface area contributed by atoms with Crippen molar-refractivity contribution in [3.8, 4) is 5.75 Å². The van der Waals surface area contributed by atoms with Gasteiger partial charge in [-0.1, -0.05) is 12.1 Å². The Kier molecular flexibility index (Phi) is 7.81. The SMILES string of the molecule is CC(=O)OC[C@@H]1CCCN1C(=O)n1c([S@](=O)Cc2nccc(OCC(F)(F)F)c2C)nc2ccccc21. The number of hydrogen-bond acceptors (Lipinski definition) is 7. The van der Waals surface area contributed by atoms with Crippen LogP contribution in [0.3, 0.4) is 0 Å². The van der Waals surface area contributed by atoms with Crippen molar-refractivity contribution < 1.29 is 36.4 Å². The average Bonchev–Trinajstić information content (AvgIpc) is 3.47. The lowest BCUT2D eigenvalue weighted by molar-refractivity contribution is -0.153. The van der Waals surface area contributed by atoms with Gasteiger partial charge in [-0.15, -0.1) is 0 Å². The van der Waals surface area contributed by atoms with Gasteiger partial charge in [0.05, 0.1) is 39.3 Å². The first-order chi connectivity index (χ1) is 17.5. The number of likely N-dealkylation sites (tertiary alicyclic amines) is 1. The van der Waals surface area contributed by atoms with E-state index in [1.807, 2.05) is 0 Å². The van der Waals surface area contributed by atoms with Gasteiger partial charge in [-0.3, -0.25) is 14.0 Å². The van der Waals surface area contributed by atoms with E-state index in [1.54, 1.807) is 29.2 Å². The molecule has 9 nitrogen and oxygen atoms in total. The Bertz CT molecular complexity index is 1340. The molecule has 0 radical (unpaired) electrons. The predicted octanol–water partition coefficient (Wildman–Crippen LogP) is 3.98. The van der Waals surface area contributed by atoms with Crippen molar-refractivity contribution in [3.63, 3.8) is 0 Å². The maximum absolute atomic E-state index is 13.7. The Labute approximate surface area is 213 Å². The van der Waals surface area contributed by atoms with Crippen molar-refractivity contribution in [1.29, 1.82) is 0 Å². The third kappa shape index (κ3) is 6.09. The second kappa shape index (κ2) is 10.9. The van der Waals surface area contributed by atoms with Gasteiger partial charge in [-0.2, -0.15) is 13.2 Å².